The third kappa shape index (κ3) is 3.83. The van der Waals surface area contributed by atoms with Gasteiger partial charge in [-0.25, -0.2) is 9.97 Å². The van der Waals surface area contributed by atoms with E-state index < -0.39 is 0 Å². The molecule has 78 valence electrons. The molecule has 14 heavy (non-hydrogen) atoms. The Morgan fingerprint density at radius 2 is 2.29 bits per heavy atom. The summed E-state index contributed by atoms with van der Waals surface area (Å²) in [5.41, 5.74) is 5.43. The molecule has 1 atom stereocenters. The fourth-order valence-electron chi connectivity index (χ4n) is 1.05. The van der Waals surface area contributed by atoms with E-state index in [2.05, 4.69) is 28.5 Å². The molecule has 1 heterocycles. The molecule has 5 heteroatoms. The van der Waals surface area contributed by atoms with Crippen molar-refractivity contribution in [2.75, 3.05) is 29.6 Å². The SMILES string of the molecule is CSCC(C)CNc1cnc(N)cn1. The first-order valence-corrected chi connectivity index (χ1v) is 5.92. The van der Waals surface area contributed by atoms with Crippen LogP contribution in [0.3, 0.4) is 0 Å². The Morgan fingerprint density at radius 3 is 2.86 bits per heavy atom. The predicted octanol–water partition coefficient (Wildman–Crippen LogP) is 1.47. The summed E-state index contributed by atoms with van der Waals surface area (Å²) < 4.78 is 0. The molecule has 0 saturated carbocycles. The Bertz CT molecular complexity index is 262. The number of nitrogen functional groups attached to an aromatic ring is 1. The zero-order valence-electron chi connectivity index (χ0n) is 8.53. The third-order valence-electron chi connectivity index (χ3n) is 1.75. The van der Waals surface area contributed by atoms with Crippen molar-refractivity contribution in [1.82, 2.24) is 9.97 Å². The summed E-state index contributed by atoms with van der Waals surface area (Å²) in [7, 11) is 0. The molecule has 0 aliphatic rings. The van der Waals surface area contributed by atoms with Crippen LogP contribution in [0.15, 0.2) is 12.4 Å². The molecule has 1 aromatic heterocycles. The lowest BCUT2D eigenvalue weighted by atomic mass is 10.2. The maximum Gasteiger partial charge on any atom is 0.144 e. The van der Waals surface area contributed by atoms with Crippen molar-refractivity contribution >= 4 is 23.4 Å². The molecule has 0 aliphatic heterocycles. The normalized spacial score (nSPS) is 12.4. The number of nitrogens with two attached hydrogens (primary N) is 1. The molecule has 0 spiro atoms. The van der Waals surface area contributed by atoms with Gasteiger partial charge in [-0.2, -0.15) is 11.8 Å². The number of thioether (sulfide) groups is 1. The summed E-state index contributed by atoms with van der Waals surface area (Å²) in [6, 6.07) is 0. The smallest absolute Gasteiger partial charge is 0.144 e. The van der Waals surface area contributed by atoms with E-state index in [1.165, 1.54) is 0 Å². The van der Waals surface area contributed by atoms with Crippen molar-refractivity contribution in [2.24, 2.45) is 5.92 Å². The zero-order valence-corrected chi connectivity index (χ0v) is 9.34. The summed E-state index contributed by atoms with van der Waals surface area (Å²) in [6.07, 6.45) is 5.32. The van der Waals surface area contributed by atoms with Gasteiger partial charge < -0.3 is 11.1 Å². The maximum atomic E-state index is 5.43. The largest absolute Gasteiger partial charge is 0.382 e. The van der Waals surface area contributed by atoms with E-state index in [4.69, 9.17) is 5.73 Å². The number of rotatable bonds is 5. The second-order valence-electron chi connectivity index (χ2n) is 3.27. The van der Waals surface area contributed by atoms with Gasteiger partial charge in [-0.1, -0.05) is 6.92 Å². The van der Waals surface area contributed by atoms with Crippen LogP contribution in [0.4, 0.5) is 11.6 Å². The lowest BCUT2D eigenvalue weighted by Gasteiger charge is -2.10. The lowest BCUT2D eigenvalue weighted by molar-refractivity contribution is 0.699. The van der Waals surface area contributed by atoms with Crippen LogP contribution in [0.5, 0.6) is 0 Å². The lowest BCUT2D eigenvalue weighted by Crippen LogP contribution is -2.14. The van der Waals surface area contributed by atoms with Gasteiger partial charge in [0.15, 0.2) is 0 Å². The van der Waals surface area contributed by atoms with Gasteiger partial charge in [-0.15, -0.1) is 0 Å². The first kappa shape index (κ1) is 11.1. The Labute approximate surface area is 88.7 Å². The highest BCUT2D eigenvalue weighted by Crippen LogP contribution is 2.07. The number of hydrogen-bond donors (Lipinski definition) is 2. The van der Waals surface area contributed by atoms with Gasteiger partial charge in [0.05, 0.1) is 12.4 Å². The maximum absolute atomic E-state index is 5.43. The minimum atomic E-state index is 0.452. The van der Waals surface area contributed by atoms with Gasteiger partial charge in [-0.05, 0) is 17.9 Å². The van der Waals surface area contributed by atoms with E-state index in [9.17, 15) is 0 Å². The summed E-state index contributed by atoms with van der Waals surface area (Å²) in [5.74, 6) is 3.01. The van der Waals surface area contributed by atoms with Gasteiger partial charge in [0.1, 0.15) is 11.6 Å². The molecule has 0 saturated heterocycles. The number of anilines is 2. The molecule has 4 nitrogen and oxygen atoms in total. The second-order valence-corrected chi connectivity index (χ2v) is 4.18. The Balaban J connectivity index is 2.34. The molecule has 0 aliphatic carbocycles. The van der Waals surface area contributed by atoms with E-state index >= 15 is 0 Å². The monoisotopic (exact) mass is 212 g/mol. The Morgan fingerprint density at radius 1 is 1.50 bits per heavy atom. The molecular formula is C9H16N4S. The van der Waals surface area contributed by atoms with Crippen LogP contribution in [0, 0.1) is 5.92 Å². The molecule has 3 N–H and O–H groups in total. The van der Waals surface area contributed by atoms with Gasteiger partial charge >= 0.3 is 0 Å². The number of nitrogens with one attached hydrogen (secondary N) is 1. The van der Waals surface area contributed by atoms with Crippen molar-refractivity contribution < 1.29 is 0 Å². The molecule has 0 bridgehead atoms. The van der Waals surface area contributed by atoms with Crippen molar-refractivity contribution in [3.8, 4) is 0 Å². The molecule has 1 rings (SSSR count). The highest BCUT2D eigenvalue weighted by atomic mass is 32.2. The molecule has 1 aromatic rings. The van der Waals surface area contributed by atoms with Crippen LogP contribution in [0.2, 0.25) is 0 Å². The van der Waals surface area contributed by atoms with E-state index in [1.54, 1.807) is 12.4 Å². The van der Waals surface area contributed by atoms with E-state index in [0.29, 0.717) is 11.7 Å². The average Bonchev–Trinajstić information content (AvgIpc) is 2.17. The number of aromatic nitrogens is 2. The van der Waals surface area contributed by atoms with Crippen molar-refractivity contribution in [1.29, 1.82) is 0 Å². The summed E-state index contributed by atoms with van der Waals surface area (Å²) in [4.78, 5) is 8.06. The summed E-state index contributed by atoms with van der Waals surface area (Å²) in [6.45, 7) is 3.12. The van der Waals surface area contributed by atoms with Gasteiger partial charge in [0.25, 0.3) is 0 Å². The van der Waals surface area contributed by atoms with Crippen molar-refractivity contribution in [2.45, 2.75) is 6.92 Å². The zero-order chi connectivity index (χ0) is 10.4. The minimum absolute atomic E-state index is 0.452. The van der Waals surface area contributed by atoms with Crippen LogP contribution in [-0.4, -0.2) is 28.5 Å². The topological polar surface area (TPSA) is 63.8 Å². The highest BCUT2D eigenvalue weighted by molar-refractivity contribution is 7.98. The Hall–Kier alpha value is -0.970. The molecule has 0 fully saturated rings. The van der Waals surface area contributed by atoms with Crippen LogP contribution < -0.4 is 11.1 Å². The molecule has 0 radical (unpaired) electrons. The fraction of sp³-hybridized carbons (Fsp3) is 0.556. The van der Waals surface area contributed by atoms with Crippen molar-refractivity contribution in [3.05, 3.63) is 12.4 Å². The number of hydrogen-bond acceptors (Lipinski definition) is 5. The van der Waals surface area contributed by atoms with Crippen LogP contribution >= 0.6 is 11.8 Å². The van der Waals surface area contributed by atoms with E-state index in [1.807, 2.05) is 11.8 Å². The van der Waals surface area contributed by atoms with E-state index in [0.717, 1.165) is 18.1 Å². The predicted molar refractivity (Wildman–Crippen MR) is 62.5 cm³/mol. The third-order valence-corrected chi connectivity index (χ3v) is 2.66. The van der Waals surface area contributed by atoms with Crippen LogP contribution in [0.25, 0.3) is 0 Å². The standard InChI is InChI=1S/C9H16N4S/c1-7(6-14-2)3-12-9-5-11-8(10)4-13-9/h4-5,7H,3,6H2,1-2H3,(H2,10,11)(H,12,13). The van der Waals surface area contributed by atoms with Gasteiger partial charge in [-0.3, -0.25) is 0 Å². The highest BCUT2D eigenvalue weighted by Gasteiger charge is 2.01. The molecule has 1 unspecified atom stereocenters. The van der Waals surface area contributed by atoms with Gasteiger partial charge in [0.2, 0.25) is 0 Å². The fourth-order valence-corrected chi connectivity index (χ4v) is 1.74. The Kier molecular flexibility index (Phi) is 4.52. The van der Waals surface area contributed by atoms with Crippen LogP contribution in [0.1, 0.15) is 6.92 Å². The first-order valence-electron chi connectivity index (χ1n) is 4.52. The average molecular weight is 212 g/mol. The first-order chi connectivity index (χ1) is 6.72. The van der Waals surface area contributed by atoms with Crippen LogP contribution in [-0.2, 0) is 0 Å². The molecule has 0 aromatic carbocycles. The van der Waals surface area contributed by atoms with Crippen molar-refractivity contribution in [3.63, 3.8) is 0 Å². The molecule has 0 amide bonds. The minimum Gasteiger partial charge on any atom is -0.382 e. The summed E-state index contributed by atoms with van der Waals surface area (Å²) >= 11 is 1.85. The molecular weight excluding hydrogens is 196 g/mol. The second kappa shape index (κ2) is 5.70. The number of nitrogens with zero attached hydrogens (tertiary/aromatic N) is 2. The quantitative estimate of drug-likeness (QED) is 0.774. The van der Waals surface area contributed by atoms with Gasteiger partial charge in [0, 0.05) is 6.54 Å². The van der Waals surface area contributed by atoms with E-state index in [-0.39, 0.29) is 0 Å². The summed E-state index contributed by atoms with van der Waals surface area (Å²) in [5, 5.41) is 3.21.